The first-order valence-electron chi connectivity index (χ1n) is 10.1. The highest BCUT2D eigenvalue weighted by molar-refractivity contribution is 5.92. The molecule has 4 aliphatic carbocycles. The van der Waals surface area contributed by atoms with E-state index in [0.717, 1.165) is 6.42 Å². The lowest BCUT2D eigenvalue weighted by molar-refractivity contribution is -0.140. The van der Waals surface area contributed by atoms with Gasteiger partial charge in [0.25, 0.3) is 0 Å². The number of carbonyl (C=O) groups is 2. The molecule has 4 nitrogen and oxygen atoms in total. The van der Waals surface area contributed by atoms with E-state index < -0.39 is 23.5 Å². The summed E-state index contributed by atoms with van der Waals surface area (Å²) in [7, 11) is 0. The molecule has 4 aliphatic rings. The Morgan fingerprint density at radius 2 is 2.07 bits per heavy atom. The zero-order chi connectivity index (χ0) is 19.7. The predicted molar refractivity (Wildman–Crippen MR) is 98.2 cm³/mol. The molecule has 2 saturated carbocycles. The molecule has 0 bridgehead atoms. The number of allylic oxidation sites excluding steroid dienone is 4. The summed E-state index contributed by atoms with van der Waals surface area (Å²) >= 11 is 0. The molecule has 2 fully saturated rings. The minimum Gasteiger partial charge on any atom is -0.393 e. The maximum Gasteiger partial charge on any atom is 0.162 e. The Balaban J connectivity index is 1.82. The SMILES string of the molecule is C[C@@H]1C[C@H]2[C@@H]3C=C(F)C4=CC(=O)CC[C@]4(C)[C@H]3[C@@H](O)C[C@]2(C)[C@H]1C(=O)CO. The molecule has 4 rings (SSSR count). The first kappa shape index (κ1) is 19.0. The second kappa shape index (κ2) is 6.08. The van der Waals surface area contributed by atoms with Gasteiger partial charge in [-0.25, -0.2) is 4.39 Å². The van der Waals surface area contributed by atoms with Crippen molar-refractivity contribution in [3.8, 4) is 0 Å². The van der Waals surface area contributed by atoms with Crippen LogP contribution in [-0.4, -0.2) is 34.5 Å². The van der Waals surface area contributed by atoms with E-state index >= 15 is 4.39 Å². The Morgan fingerprint density at radius 3 is 2.74 bits per heavy atom. The first-order valence-corrected chi connectivity index (χ1v) is 10.1. The molecule has 0 unspecified atom stereocenters. The van der Waals surface area contributed by atoms with Gasteiger partial charge in [0, 0.05) is 23.7 Å². The van der Waals surface area contributed by atoms with Crippen molar-refractivity contribution in [2.24, 2.45) is 40.4 Å². The third-order valence-electron chi connectivity index (χ3n) is 8.34. The van der Waals surface area contributed by atoms with Gasteiger partial charge >= 0.3 is 0 Å². The number of hydrogen-bond acceptors (Lipinski definition) is 4. The summed E-state index contributed by atoms with van der Waals surface area (Å²) in [6, 6.07) is 0. The molecule has 0 radical (unpaired) electrons. The van der Waals surface area contributed by atoms with Gasteiger partial charge in [0.05, 0.1) is 6.10 Å². The number of fused-ring (bicyclic) bond motifs is 5. The summed E-state index contributed by atoms with van der Waals surface area (Å²) in [5, 5.41) is 20.6. The van der Waals surface area contributed by atoms with Crippen molar-refractivity contribution in [1.29, 1.82) is 0 Å². The average molecular weight is 376 g/mol. The molecule has 0 saturated heterocycles. The molecule has 0 aliphatic heterocycles. The number of aliphatic hydroxyl groups is 2. The number of aliphatic hydroxyl groups excluding tert-OH is 2. The zero-order valence-corrected chi connectivity index (χ0v) is 16.2. The van der Waals surface area contributed by atoms with Crippen molar-refractivity contribution in [2.75, 3.05) is 6.61 Å². The fourth-order valence-electron chi connectivity index (χ4n) is 7.36. The molecule has 8 atom stereocenters. The maximum atomic E-state index is 15.1. The van der Waals surface area contributed by atoms with Gasteiger partial charge in [-0.15, -0.1) is 0 Å². The first-order chi connectivity index (χ1) is 12.6. The topological polar surface area (TPSA) is 74.6 Å². The summed E-state index contributed by atoms with van der Waals surface area (Å²) in [4.78, 5) is 24.4. The van der Waals surface area contributed by atoms with Gasteiger partial charge in [-0.2, -0.15) is 0 Å². The van der Waals surface area contributed by atoms with Crippen LogP contribution in [0, 0.1) is 40.4 Å². The number of halogens is 1. The van der Waals surface area contributed by atoms with E-state index in [2.05, 4.69) is 0 Å². The van der Waals surface area contributed by atoms with Crippen molar-refractivity contribution < 1.29 is 24.2 Å². The molecule has 0 amide bonds. The van der Waals surface area contributed by atoms with Crippen LogP contribution >= 0.6 is 0 Å². The fourth-order valence-corrected chi connectivity index (χ4v) is 7.36. The van der Waals surface area contributed by atoms with E-state index in [4.69, 9.17) is 0 Å². The van der Waals surface area contributed by atoms with Gasteiger partial charge in [-0.3, -0.25) is 9.59 Å². The molecular weight excluding hydrogens is 347 g/mol. The Labute approximate surface area is 159 Å². The Bertz CT molecular complexity index is 755. The molecule has 148 valence electrons. The Morgan fingerprint density at radius 1 is 1.37 bits per heavy atom. The van der Waals surface area contributed by atoms with E-state index in [0.29, 0.717) is 24.8 Å². The standard InChI is InChI=1S/C22H29FO4/c1-11-6-14-13-8-16(23)15-7-12(25)4-5-21(15,2)20(13)17(26)9-22(14,3)19(11)18(27)10-24/h7-8,11,13-14,17,19-20,24,26H,4-6,9-10H2,1-3H3/t11-,13+,14+,17+,19-,20-,21+,22+/m1/s1. The van der Waals surface area contributed by atoms with Gasteiger partial charge in [-0.1, -0.05) is 20.8 Å². The van der Waals surface area contributed by atoms with Crippen LogP contribution in [0.3, 0.4) is 0 Å². The lowest BCUT2D eigenvalue weighted by Crippen LogP contribution is -2.56. The lowest BCUT2D eigenvalue weighted by atomic mass is 9.47. The van der Waals surface area contributed by atoms with Crippen molar-refractivity contribution in [3.05, 3.63) is 23.6 Å². The maximum absolute atomic E-state index is 15.1. The van der Waals surface area contributed by atoms with Gasteiger partial charge < -0.3 is 10.2 Å². The van der Waals surface area contributed by atoms with Crippen LogP contribution in [0.2, 0.25) is 0 Å². The van der Waals surface area contributed by atoms with Gasteiger partial charge in [-0.05, 0) is 60.2 Å². The van der Waals surface area contributed by atoms with Crippen molar-refractivity contribution in [1.82, 2.24) is 0 Å². The molecular formula is C22H29FO4. The highest BCUT2D eigenvalue weighted by atomic mass is 19.1. The third-order valence-corrected chi connectivity index (χ3v) is 8.34. The predicted octanol–water partition coefficient (Wildman–Crippen LogP) is 2.99. The van der Waals surface area contributed by atoms with Crippen LogP contribution < -0.4 is 0 Å². The van der Waals surface area contributed by atoms with Crippen LogP contribution in [0.25, 0.3) is 0 Å². The normalized spacial score (nSPS) is 48.9. The van der Waals surface area contributed by atoms with Gasteiger partial charge in [0.1, 0.15) is 12.4 Å². The van der Waals surface area contributed by atoms with Crippen molar-refractivity contribution in [3.63, 3.8) is 0 Å². The summed E-state index contributed by atoms with van der Waals surface area (Å²) in [6.07, 6.45) is 4.58. The zero-order valence-electron chi connectivity index (χ0n) is 16.2. The molecule has 0 heterocycles. The van der Waals surface area contributed by atoms with Crippen LogP contribution in [0.5, 0.6) is 0 Å². The largest absolute Gasteiger partial charge is 0.393 e. The molecule has 0 spiro atoms. The highest BCUT2D eigenvalue weighted by Gasteiger charge is 2.64. The molecule has 0 aromatic heterocycles. The molecule has 2 N–H and O–H groups in total. The van der Waals surface area contributed by atoms with E-state index in [1.807, 2.05) is 20.8 Å². The second-order valence-electron chi connectivity index (χ2n) is 9.76. The van der Waals surface area contributed by atoms with E-state index in [1.54, 1.807) is 6.08 Å². The Hall–Kier alpha value is -1.33. The fraction of sp³-hybridized carbons (Fsp3) is 0.727. The number of rotatable bonds is 2. The smallest absolute Gasteiger partial charge is 0.162 e. The lowest BCUT2D eigenvalue weighted by Gasteiger charge is -2.57. The summed E-state index contributed by atoms with van der Waals surface area (Å²) in [6.45, 7) is 5.55. The van der Waals surface area contributed by atoms with E-state index in [-0.39, 0.29) is 47.0 Å². The summed E-state index contributed by atoms with van der Waals surface area (Å²) in [5.74, 6) is -0.998. The van der Waals surface area contributed by atoms with Crippen LogP contribution in [0.1, 0.15) is 46.5 Å². The van der Waals surface area contributed by atoms with Gasteiger partial charge in [0.2, 0.25) is 0 Å². The van der Waals surface area contributed by atoms with Crippen molar-refractivity contribution in [2.45, 2.75) is 52.6 Å². The van der Waals surface area contributed by atoms with E-state index in [1.165, 1.54) is 6.08 Å². The van der Waals surface area contributed by atoms with Crippen LogP contribution in [0.15, 0.2) is 23.6 Å². The second-order valence-corrected chi connectivity index (χ2v) is 9.76. The monoisotopic (exact) mass is 376 g/mol. The van der Waals surface area contributed by atoms with Gasteiger partial charge in [0.15, 0.2) is 11.6 Å². The molecule has 27 heavy (non-hydrogen) atoms. The van der Waals surface area contributed by atoms with Crippen molar-refractivity contribution >= 4 is 11.6 Å². The summed E-state index contributed by atoms with van der Waals surface area (Å²) in [5.41, 5.74) is -0.559. The number of carbonyl (C=O) groups excluding carboxylic acids is 2. The average Bonchev–Trinajstić information content (AvgIpc) is 2.85. The van der Waals surface area contributed by atoms with Crippen LogP contribution in [-0.2, 0) is 9.59 Å². The molecule has 5 heteroatoms. The quantitative estimate of drug-likeness (QED) is 0.777. The number of ketones is 2. The summed E-state index contributed by atoms with van der Waals surface area (Å²) < 4.78 is 15.1. The molecule has 0 aromatic rings. The third kappa shape index (κ3) is 2.47. The number of hydrogen-bond donors (Lipinski definition) is 2. The minimum atomic E-state index is -0.665. The van der Waals surface area contributed by atoms with E-state index in [9.17, 15) is 19.8 Å². The minimum absolute atomic E-state index is 0.0530. The number of Topliss-reactive ketones (excluding diaryl/α,β-unsaturated/α-hetero) is 1. The molecule has 0 aromatic carbocycles. The highest BCUT2D eigenvalue weighted by Crippen LogP contribution is 2.67. The Kier molecular flexibility index (Phi) is 4.28. The van der Waals surface area contributed by atoms with Crippen LogP contribution in [0.4, 0.5) is 4.39 Å².